The monoisotopic (exact) mass is 376 g/mol. The highest BCUT2D eigenvalue weighted by Crippen LogP contribution is 2.33. The summed E-state index contributed by atoms with van der Waals surface area (Å²) < 4.78 is 5.29. The first-order chi connectivity index (χ1) is 13.5. The van der Waals surface area contributed by atoms with Gasteiger partial charge in [0.2, 0.25) is 0 Å². The van der Waals surface area contributed by atoms with Crippen molar-refractivity contribution in [1.29, 1.82) is 0 Å². The van der Waals surface area contributed by atoms with E-state index >= 15 is 0 Å². The molecule has 0 spiro atoms. The van der Waals surface area contributed by atoms with Gasteiger partial charge >= 0.3 is 5.97 Å². The third kappa shape index (κ3) is 3.52. The number of esters is 1. The van der Waals surface area contributed by atoms with Crippen molar-refractivity contribution >= 4 is 22.8 Å². The summed E-state index contributed by atoms with van der Waals surface area (Å²) in [6.07, 6.45) is 3.02. The molecule has 4 rings (SSSR count). The number of hydrogen-bond acceptors (Lipinski definition) is 3. The lowest BCUT2D eigenvalue weighted by molar-refractivity contribution is -0.135. The van der Waals surface area contributed by atoms with E-state index in [1.54, 1.807) is 18.0 Å². The van der Waals surface area contributed by atoms with Crippen LogP contribution in [0.2, 0.25) is 0 Å². The van der Waals surface area contributed by atoms with E-state index in [2.05, 4.69) is 17.1 Å². The SMILES string of the molecule is Cc1ccc2cc(C(=O)OCC(=O)N(C)C3CCCc4ccccc43)[nH]c2c1. The topological polar surface area (TPSA) is 62.4 Å². The minimum Gasteiger partial charge on any atom is -0.451 e. The second kappa shape index (κ2) is 7.50. The van der Waals surface area contributed by atoms with Gasteiger partial charge in [-0.3, -0.25) is 4.79 Å². The van der Waals surface area contributed by atoms with E-state index in [0.29, 0.717) is 5.69 Å². The average molecular weight is 376 g/mol. The predicted octanol–water partition coefficient (Wildman–Crippen LogP) is 4.17. The summed E-state index contributed by atoms with van der Waals surface area (Å²) >= 11 is 0. The molecule has 0 aliphatic heterocycles. The number of benzene rings is 2. The number of aryl methyl sites for hydroxylation is 2. The number of hydrogen-bond donors (Lipinski definition) is 1. The molecule has 1 N–H and O–H groups in total. The van der Waals surface area contributed by atoms with E-state index in [4.69, 9.17) is 4.74 Å². The molecule has 0 saturated carbocycles. The molecule has 3 aromatic rings. The van der Waals surface area contributed by atoms with Crippen LogP contribution in [0.4, 0.5) is 0 Å². The van der Waals surface area contributed by atoms with Gasteiger partial charge in [0, 0.05) is 18.0 Å². The highest BCUT2D eigenvalue weighted by molar-refractivity contribution is 5.95. The number of fused-ring (bicyclic) bond motifs is 2. The normalized spacial score (nSPS) is 15.9. The number of rotatable bonds is 4. The Morgan fingerprint density at radius 1 is 1.18 bits per heavy atom. The third-order valence-corrected chi connectivity index (χ3v) is 5.52. The summed E-state index contributed by atoms with van der Waals surface area (Å²) in [5, 5.41) is 0.944. The number of amides is 1. The quantitative estimate of drug-likeness (QED) is 0.695. The molecule has 0 saturated heterocycles. The van der Waals surface area contributed by atoms with Crippen LogP contribution in [0.25, 0.3) is 10.9 Å². The van der Waals surface area contributed by atoms with Gasteiger partial charge in [-0.05, 0) is 55.0 Å². The van der Waals surface area contributed by atoms with Crippen LogP contribution < -0.4 is 0 Å². The number of ether oxygens (including phenoxy) is 1. The molecule has 0 fully saturated rings. The molecule has 1 aromatic heterocycles. The van der Waals surface area contributed by atoms with Crippen molar-refractivity contribution in [1.82, 2.24) is 9.88 Å². The van der Waals surface area contributed by atoms with Crippen LogP contribution in [-0.4, -0.2) is 35.4 Å². The van der Waals surface area contributed by atoms with Crippen LogP contribution in [0.1, 0.15) is 46.1 Å². The zero-order valence-corrected chi connectivity index (χ0v) is 16.2. The Labute approximate surface area is 164 Å². The number of H-pyrrole nitrogens is 1. The largest absolute Gasteiger partial charge is 0.451 e. The molecule has 1 aliphatic rings. The molecule has 5 heteroatoms. The highest BCUT2D eigenvalue weighted by Gasteiger charge is 2.27. The van der Waals surface area contributed by atoms with Gasteiger partial charge in [0.25, 0.3) is 5.91 Å². The molecular formula is C23H24N2O3. The van der Waals surface area contributed by atoms with E-state index in [0.717, 1.165) is 35.7 Å². The Morgan fingerprint density at radius 2 is 2.00 bits per heavy atom. The predicted molar refractivity (Wildman–Crippen MR) is 108 cm³/mol. The van der Waals surface area contributed by atoms with E-state index < -0.39 is 5.97 Å². The third-order valence-electron chi connectivity index (χ3n) is 5.52. The Hall–Kier alpha value is -3.08. The number of carbonyl (C=O) groups excluding carboxylic acids is 2. The Bertz CT molecular complexity index is 1040. The first-order valence-electron chi connectivity index (χ1n) is 9.63. The van der Waals surface area contributed by atoms with Crippen LogP contribution >= 0.6 is 0 Å². The van der Waals surface area contributed by atoms with Crippen LogP contribution in [0.5, 0.6) is 0 Å². The van der Waals surface area contributed by atoms with Crippen LogP contribution in [0.15, 0.2) is 48.5 Å². The van der Waals surface area contributed by atoms with Crippen LogP contribution in [-0.2, 0) is 16.0 Å². The first kappa shape index (κ1) is 18.3. The number of nitrogens with one attached hydrogen (secondary N) is 1. The summed E-state index contributed by atoms with van der Waals surface area (Å²) in [6, 6.07) is 16.0. The van der Waals surface area contributed by atoms with E-state index in [1.807, 2.05) is 37.3 Å². The number of aromatic amines is 1. The van der Waals surface area contributed by atoms with Crippen molar-refractivity contribution in [2.24, 2.45) is 0 Å². The molecule has 1 aliphatic carbocycles. The van der Waals surface area contributed by atoms with Crippen molar-refractivity contribution in [2.75, 3.05) is 13.7 Å². The molecule has 2 aromatic carbocycles. The molecule has 1 unspecified atom stereocenters. The fourth-order valence-electron chi connectivity index (χ4n) is 3.96. The molecule has 1 amide bonds. The van der Waals surface area contributed by atoms with Crippen molar-refractivity contribution in [3.8, 4) is 0 Å². The van der Waals surface area contributed by atoms with Crippen molar-refractivity contribution < 1.29 is 14.3 Å². The van der Waals surface area contributed by atoms with Crippen LogP contribution in [0.3, 0.4) is 0 Å². The molecule has 1 atom stereocenters. The van der Waals surface area contributed by atoms with Crippen molar-refractivity contribution in [3.05, 3.63) is 70.9 Å². The van der Waals surface area contributed by atoms with E-state index in [9.17, 15) is 9.59 Å². The van der Waals surface area contributed by atoms with Gasteiger partial charge in [-0.25, -0.2) is 4.79 Å². The summed E-state index contributed by atoms with van der Waals surface area (Å²) in [4.78, 5) is 29.8. The Balaban J connectivity index is 1.41. The number of aromatic nitrogens is 1. The molecule has 0 bridgehead atoms. The minimum absolute atomic E-state index is 0.0344. The number of likely N-dealkylation sites (N-methyl/N-ethyl adjacent to an activating group) is 1. The summed E-state index contributed by atoms with van der Waals surface area (Å²) in [5.74, 6) is -0.707. The van der Waals surface area contributed by atoms with Gasteiger partial charge in [-0.2, -0.15) is 0 Å². The molecule has 0 radical (unpaired) electrons. The lowest BCUT2D eigenvalue weighted by atomic mass is 9.87. The standard InChI is InChI=1S/C23H24N2O3/c1-15-10-11-17-13-20(24-19(17)12-15)23(27)28-14-22(26)25(2)21-9-5-7-16-6-3-4-8-18(16)21/h3-4,6,8,10-13,21,24H,5,7,9,14H2,1-2H3. The van der Waals surface area contributed by atoms with Gasteiger partial charge in [-0.1, -0.05) is 36.4 Å². The summed E-state index contributed by atoms with van der Waals surface area (Å²) in [6.45, 7) is 1.73. The van der Waals surface area contributed by atoms with Gasteiger partial charge in [0.15, 0.2) is 6.61 Å². The fraction of sp³-hybridized carbons (Fsp3) is 0.304. The fourth-order valence-corrected chi connectivity index (χ4v) is 3.96. The lowest BCUT2D eigenvalue weighted by Gasteiger charge is -2.33. The molecular weight excluding hydrogens is 352 g/mol. The van der Waals surface area contributed by atoms with Crippen LogP contribution in [0, 0.1) is 6.92 Å². The summed E-state index contributed by atoms with van der Waals surface area (Å²) in [5.41, 5.74) is 4.85. The minimum atomic E-state index is -0.514. The molecule has 144 valence electrons. The number of carbonyl (C=O) groups is 2. The number of nitrogens with zero attached hydrogens (tertiary/aromatic N) is 1. The molecule has 1 heterocycles. The molecule has 5 nitrogen and oxygen atoms in total. The van der Waals surface area contributed by atoms with Crippen molar-refractivity contribution in [3.63, 3.8) is 0 Å². The van der Waals surface area contributed by atoms with E-state index in [1.165, 1.54) is 11.1 Å². The van der Waals surface area contributed by atoms with Gasteiger partial charge in [0.05, 0.1) is 6.04 Å². The Kier molecular flexibility index (Phi) is 4.90. The lowest BCUT2D eigenvalue weighted by Crippen LogP contribution is -2.36. The second-order valence-electron chi connectivity index (χ2n) is 7.46. The average Bonchev–Trinajstić information content (AvgIpc) is 3.14. The smallest absolute Gasteiger partial charge is 0.355 e. The second-order valence-corrected chi connectivity index (χ2v) is 7.46. The Morgan fingerprint density at radius 3 is 2.86 bits per heavy atom. The molecule has 28 heavy (non-hydrogen) atoms. The summed E-state index contributed by atoms with van der Waals surface area (Å²) in [7, 11) is 1.79. The van der Waals surface area contributed by atoms with Crippen molar-refractivity contribution in [2.45, 2.75) is 32.2 Å². The zero-order valence-electron chi connectivity index (χ0n) is 16.2. The zero-order chi connectivity index (χ0) is 19.7. The maximum atomic E-state index is 12.6. The maximum absolute atomic E-state index is 12.6. The van der Waals surface area contributed by atoms with Gasteiger partial charge in [0.1, 0.15) is 5.69 Å². The van der Waals surface area contributed by atoms with Gasteiger partial charge in [-0.15, -0.1) is 0 Å². The highest BCUT2D eigenvalue weighted by atomic mass is 16.5. The van der Waals surface area contributed by atoms with Gasteiger partial charge < -0.3 is 14.6 Å². The van der Waals surface area contributed by atoms with E-state index in [-0.39, 0.29) is 18.6 Å². The maximum Gasteiger partial charge on any atom is 0.355 e. The first-order valence-corrected chi connectivity index (χ1v) is 9.63.